The number of rotatable bonds is 10. The number of Topliss-reactive ketones (excluding diaryl/α,β-unsaturated/α-hetero) is 1. The van der Waals surface area contributed by atoms with Gasteiger partial charge < -0.3 is 19.6 Å². The van der Waals surface area contributed by atoms with Crippen LogP contribution in [0.1, 0.15) is 75.3 Å². The average Bonchev–Trinajstić information content (AvgIpc) is 3.09. The van der Waals surface area contributed by atoms with Gasteiger partial charge in [0, 0.05) is 18.5 Å². The van der Waals surface area contributed by atoms with Crippen molar-refractivity contribution in [2.24, 2.45) is 0 Å². The van der Waals surface area contributed by atoms with Crippen LogP contribution in [-0.4, -0.2) is 50.4 Å². The Morgan fingerprint density at radius 2 is 1.73 bits per heavy atom. The predicted octanol–water partition coefficient (Wildman–Crippen LogP) is 3.23. The third-order valence-electron chi connectivity index (χ3n) is 6.89. The van der Waals surface area contributed by atoms with E-state index in [1.165, 1.54) is 4.90 Å². The molecular formula is C31H42N2O4. The maximum Gasteiger partial charge on any atom is 0.295 e. The van der Waals surface area contributed by atoms with Gasteiger partial charge in [0.1, 0.15) is 5.75 Å². The van der Waals surface area contributed by atoms with Crippen molar-refractivity contribution >= 4 is 17.4 Å². The molecule has 1 saturated heterocycles. The number of quaternary nitrogens is 1. The van der Waals surface area contributed by atoms with Gasteiger partial charge in [-0.3, -0.25) is 9.59 Å². The zero-order chi connectivity index (χ0) is 27.3. The maximum absolute atomic E-state index is 13.8. The second-order valence-corrected chi connectivity index (χ2v) is 11.3. The summed E-state index contributed by atoms with van der Waals surface area (Å²) in [5, 5.41) is 13.8. The molecule has 0 aliphatic carbocycles. The van der Waals surface area contributed by atoms with Crippen molar-refractivity contribution in [3.05, 3.63) is 70.3 Å². The molecule has 0 aromatic heterocycles. The Kier molecular flexibility index (Phi) is 9.19. The first-order valence-corrected chi connectivity index (χ1v) is 13.4. The summed E-state index contributed by atoms with van der Waals surface area (Å²) in [7, 11) is 4.11. The van der Waals surface area contributed by atoms with E-state index in [0.29, 0.717) is 18.7 Å². The van der Waals surface area contributed by atoms with Crippen LogP contribution in [0.2, 0.25) is 0 Å². The van der Waals surface area contributed by atoms with Gasteiger partial charge in [-0.2, -0.15) is 0 Å². The van der Waals surface area contributed by atoms with E-state index in [2.05, 4.69) is 41.8 Å². The van der Waals surface area contributed by atoms with E-state index in [0.717, 1.165) is 48.2 Å². The first-order chi connectivity index (χ1) is 17.5. The fraction of sp³-hybridized carbons (Fsp3) is 0.484. The van der Waals surface area contributed by atoms with Crippen LogP contribution in [0.3, 0.4) is 0 Å². The number of unbranched alkanes of at least 4 members (excludes halogenated alkanes) is 1. The summed E-state index contributed by atoms with van der Waals surface area (Å²) in [6, 6.07) is 12.5. The summed E-state index contributed by atoms with van der Waals surface area (Å²) >= 11 is 0. The van der Waals surface area contributed by atoms with Gasteiger partial charge in [-0.15, -0.1) is 0 Å². The van der Waals surface area contributed by atoms with Crippen molar-refractivity contribution in [3.63, 3.8) is 0 Å². The van der Waals surface area contributed by atoms with Crippen LogP contribution < -0.4 is 14.7 Å². The lowest BCUT2D eigenvalue weighted by atomic mass is 9.85. The SMILES string of the molecule is CCCCOc1ccc(C([O-])=C2C(=O)C(=O)N(CCC[NH+](C)C)C2c2ccc(C(C)(C)C)cc2)cc1C. The minimum atomic E-state index is -0.701. The Morgan fingerprint density at radius 1 is 1.05 bits per heavy atom. The highest BCUT2D eigenvalue weighted by Crippen LogP contribution is 2.39. The van der Waals surface area contributed by atoms with E-state index in [9.17, 15) is 14.7 Å². The highest BCUT2D eigenvalue weighted by atomic mass is 16.5. The number of nitrogens with zero attached hydrogens (tertiary/aromatic N) is 1. The van der Waals surface area contributed by atoms with Crippen LogP contribution in [0.15, 0.2) is 48.0 Å². The number of ether oxygens (including phenoxy) is 1. The third-order valence-corrected chi connectivity index (χ3v) is 6.89. The Balaban J connectivity index is 2.05. The molecule has 1 aliphatic heterocycles. The molecule has 1 unspecified atom stereocenters. The molecule has 37 heavy (non-hydrogen) atoms. The summed E-state index contributed by atoms with van der Waals surface area (Å²) in [5.41, 5.74) is 3.16. The topological polar surface area (TPSA) is 74.1 Å². The number of ketones is 1. The molecule has 1 aliphatic rings. The van der Waals surface area contributed by atoms with Crippen molar-refractivity contribution < 1.29 is 24.3 Å². The van der Waals surface area contributed by atoms with Crippen molar-refractivity contribution in [3.8, 4) is 5.75 Å². The summed E-state index contributed by atoms with van der Waals surface area (Å²) in [6.45, 7) is 12.3. The first kappa shape index (κ1) is 28.5. The molecule has 0 bridgehead atoms. The van der Waals surface area contributed by atoms with Gasteiger partial charge in [-0.1, -0.05) is 70.2 Å². The van der Waals surface area contributed by atoms with E-state index < -0.39 is 23.5 Å². The number of carbonyl (C=O) groups is 2. The number of aryl methyl sites for hydroxylation is 1. The zero-order valence-electron chi connectivity index (χ0n) is 23.4. The normalized spacial score (nSPS) is 17.6. The predicted molar refractivity (Wildman–Crippen MR) is 145 cm³/mol. The van der Waals surface area contributed by atoms with Gasteiger partial charge >= 0.3 is 0 Å². The summed E-state index contributed by atoms with van der Waals surface area (Å²) in [6.07, 6.45) is 2.73. The second kappa shape index (κ2) is 12.0. The molecule has 0 spiro atoms. The molecule has 1 heterocycles. The van der Waals surface area contributed by atoms with Crippen LogP contribution in [0.5, 0.6) is 5.75 Å². The zero-order valence-corrected chi connectivity index (χ0v) is 23.4. The van der Waals surface area contributed by atoms with E-state index in [4.69, 9.17) is 4.74 Å². The van der Waals surface area contributed by atoms with E-state index in [-0.39, 0.29) is 11.0 Å². The Bertz CT molecular complexity index is 1140. The fourth-order valence-corrected chi connectivity index (χ4v) is 4.65. The number of carbonyl (C=O) groups excluding carboxylic acids is 2. The summed E-state index contributed by atoms with van der Waals surface area (Å²) in [4.78, 5) is 29.3. The highest BCUT2D eigenvalue weighted by Gasteiger charge is 2.44. The fourth-order valence-electron chi connectivity index (χ4n) is 4.65. The second-order valence-electron chi connectivity index (χ2n) is 11.3. The van der Waals surface area contributed by atoms with Crippen molar-refractivity contribution in [1.29, 1.82) is 0 Å². The number of amides is 1. The standard InChI is InChI=1S/C31H42N2O4/c1-8-9-19-37-25-16-13-23(20-21(25)2)28(34)26-27(22-11-14-24(15-12-22)31(3,4)5)33(30(36)29(26)35)18-10-17-32(6)7/h11-16,20,27,34H,8-10,17-19H2,1-7H3. The molecule has 200 valence electrons. The highest BCUT2D eigenvalue weighted by molar-refractivity contribution is 6.46. The lowest BCUT2D eigenvalue weighted by Crippen LogP contribution is -3.05. The van der Waals surface area contributed by atoms with Crippen molar-refractivity contribution in [2.75, 3.05) is 33.8 Å². The molecule has 1 amide bonds. The first-order valence-electron chi connectivity index (χ1n) is 13.4. The van der Waals surface area contributed by atoms with Crippen molar-refractivity contribution in [1.82, 2.24) is 4.90 Å². The number of hydrogen-bond acceptors (Lipinski definition) is 4. The number of hydrogen-bond donors (Lipinski definition) is 1. The Labute approximate surface area is 221 Å². The number of nitrogens with one attached hydrogen (secondary N) is 1. The molecule has 0 saturated carbocycles. The minimum absolute atomic E-state index is 0.0322. The number of likely N-dealkylation sites (tertiary alicyclic amines) is 1. The Hall–Kier alpha value is -3.12. The lowest BCUT2D eigenvalue weighted by molar-refractivity contribution is -0.858. The minimum Gasteiger partial charge on any atom is -0.872 e. The van der Waals surface area contributed by atoms with Gasteiger partial charge in [0.15, 0.2) is 0 Å². The van der Waals surface area contributed by atoms with Crippen LogP contribution in [0.4, 0.5) is 0 Å². The lowest BCUT2D eigenvalue weighted by Gasteiger charge is -2.28. The van der Waals surface area contributed by atoms with Crippen LogP contribution >= 0.6 is 0 Å². The van der Waals surface area contributed by atoms with Crippen LogP contribution in [-0.2, 0) is 15.0 Å². The van der Waals surface area contributed by atoms with Gasteiger partial charge in [0.05, 0.1) is 33.3 Å². The maximum atomic E-state index is 13.8. The molecule has 1 atom stereocenters. The van der Waals surface area contributed by atoms with E-state index >= 15 is 0 Å². The molecule has 1 N–H and O–H groups in total. The van der Waals surface area contributed by atoms with Gasteiger partial charge in [-0.05, 0) is 53.1 Å². The van der Waals surface area contributed by atoms with Crippen LogP contribution in [0, 0.1) is 6.92 Å². The molecule has 6 heteroatoms. The molecule has 0 radical (unpaired) electrons. The third kappa shape index (κ3) is 6.61. The Morgan fingerprint density at radius 3 is 2.30 bits per heavy atom. The monoisotopic (exact) mass is 506 g/mol. The molecule has 6 nitrogen and oxygen atoms in total. The molecule has 1 fully saturated rings. The van der Waals surface area contributed by atoms with Gasteiger partial charge in [-0.25, -0.2) is 0 Å². The number of benzene rings is 2. The van der Waals surface area contributed by atoms with Gasteiger partial charge in [0.2, 0.25) is 5.78 Å². The molecular weight excluding hydrogens is 464 g/mol. The van der Waals surface area contributed by atoms with E-state index in [1.807, 2.05) is 31.2 Å². The molecule has 2 aromatic rings. The average molecular weight is 507 g/mol. The summed E-state index contributed by atoms with van der Waals surface area (Å²) in [5.74, 6) is -0.968. The largest absolute Gasteiger partial charge is 0.872 e. The molecule has 3 rings (SSSR count). The summed E-state index contributed by atoms with van der Waals surface area (Å²) < 4.78 is 5.84. The van der Waals surface area contributed by atoms with E-state index in [1.54, 1.807) is 23.1 Å². The van der Waals surface area contributed by atoms with Crippen LogP contribution in [0.25, 0.3) is 5.76 Å². The molecule has 2 aromatic carbocycles. The quantitative estimate of drug-likeness (QED) is 0.232. The van der Waals surface area contributed by atoms with Gasteiger partial charge in [0.25, 0.3) is 5.91 Å². The van der Waals surface area contributed by atoms with Crippen molar-refractivity contribution in [2.45, 2.75) is 65.3 Å². The smallest absolute Gasteiger partial charge is 0.295 e.